The summed E-state index contributed by atoms with van der Waals surface area (Å²) in [6, 6.07) is 16.5. The molecule has 146 valence electrons. The molecule has 2 aromatic carbocycles. The van der Waals surface area contributed by atoms with E-state index in [0.717, 1.165) is 11.1 Å². The van der Waals surface area contributed by atoms with Crippen LogP contribution in [0.3, 0.4) is 0 Å². The summed E-state index contributed by atoms with van der Waals surface area (Å²) in [5, 5.41) is 4.35. The van der Waals surface area contributed by atoms with Gasteiger partial charge in [-0.05, 0) is 41.2 Å². The van der Waals surface area contributed by atoms with Crippen LogP contribution in [0.1, 0.15) is 48.8 Å². The number of thiazole rings is 1. The minimum absolute atomic E-state index is 0.109. The lowest BCUT2D eigenvalue weighted by atomic mass is 9.87. The molecule has 2 aromatic heterocycles. The third kappa shape index (κ3) is 4.20. The Morgan fingerprint density at radius 3 is 2.21 bits per heavy atom. The van der Waals surface area contributed by atoms with Crippen molar-refractivity contribution < 1.29 is 0 Å². The summed E-state index contributed by atoms with van der Waals surface area (Å²) in [7, 11) is 0. The van der Waals surface area contributed by atoms with Gasteiger partial charge in [-0.1, -0.05) is 92.3 Å². The maximum atomic E-state index is 12.7. The molecular weight excluding hydrogens is 378 g/mol. The largest absolute Gasteiger partial charge is 0.291 e. The highest BCUT2D eigenvalue weighted by Crippen LogP contribution is 2.22. The normalized spacial score (nSPS) is 13.0. The molecular formula is C24H23N3OS. The first-order valence-corrected chi connectivity index (χ1v) is 10.4. The summed E-state index contributed by atoms with van der Waals surface area (Å²) in [5.74, 6) is 0.537. The van der Waals surface area contributed by atoms with E-state index in [1.807, 2.05) is 42.5 Å². The van der Waals surface area contributed by atoms with Gasteiger partial charge in [0.1, 0.15) is 0 Å². The lowest BCUT2D eigenvalue weighted by Crippen LogP contribution is -2.23. The average molecular weight is 402 g/mol. The van der Waals surface area contributed by atoms with E-state index >= 15 is 0 Å². The number of aromatic nitrogens is 3. The number of rotatable bonds is 3. The second-order valence-electron chi connectivity index (χ2n) is 8.20. The molecule has 0 atom stereocenters. The second-order valence-corrected chi connectivity index (χ2v) is 9.21. The molecule has 0 fully saturated rings. The molecule has 0 aliphatic rings. The van der Waals surface area contributed by atoms with E-state index in [1.165, 1.54) is 27.0 Å². The molecule has 0 spiro atoms. The third-order valence-electron chi connectivity index (χ3n) is 4.77. The summed E-state index contributed by atoms with van der Waals surface area (Å²) in [5.41, 5.74) is 4.54. The Morgan fingerprint density at radius 2 is 1.59 bits per heavy atom. The number of hydrogen-bond acceptors (Lipinski definition) is 4. The van der Waals surface area contributed by atoms with Crippen molar-refractivity contribution in [3.63, 3.8) is 0 Å². The topological polar surface area (TPSA) is 47.3 Å². The van der Waals surface area contributed by atoms with Gasteiger partial charge in [-0.3, -0.25) is 4.79 Å². The van der Waals surface area contributed by atoms with E-state index in [1.54, 1.807) is 0 Å². The predicted octanol–water partition coefficient (Wildman–Crippen LogP) is 4.48. The van der Waals surface area contributed by atoms with Crippen molar-refractivity contribution in [3.8, 4) is 0 Å². The Morgan fingerprint density at radius 1 is 0.931 bits per heavy atom. The number of aryl methyl sites for hydroxylation is 1. The lowest BCUT2D eigenvalue weighted by Gasteiger charge is -2.18. The zero-order valence-electron chi connectivity index (χ0n) is 17.0. The molecule has 4 aromatic rings. The number of benzene rings is 2. The van der Waals surface area contributed by atoms with Gasteiger partial charge >= 0.3 is 0 Å². The van der Waals surface area contributed by atoms with Crippen molar-refractivity contribution >= 4 is 34.5 Å². The van der Waals surface area contributed by atoms with Crippen molar-refractivity contribution in [2.45, 2.75) is 33.1 Å². The summed E-state index contributed by atoms with van der Waals surface area (Å²) < 4.78 is 2.02. The van der Waals surface area contributed by atoms with Crippen molar-refractivity contribution in [1.29, 1.82) is 0 Å². The molecule has 0 aliphatic heterocycles. The van der Waals surface area contributed by atoms with Crippen molar-refractivity contribution in [1.82, 2.24) is 14.6 Å². The van der Waals surface area contributed by atoms with Crippen LogP contribution in [0.15, 0.2) is 53.3 Å². The molecule has 0 saturated heterocycles. The fraction of sp³-hybridized carbons (Fsp3) is 0.208. The van der Waals surface area contributed by atoms with Gasteiger partial charge in [-0.2, -0.15) is 9.50 Å². The highest BCUT2D eigenvalue weighted by molar-refractivity contribution is 7.15. The Hall–Kier alpha value is -3.05. The molecule has 2 heterocycles. The third-order valence-corrected chi connectivity index (χ3v) is 5.73. The minimum atomic E-state index is -0.132. The zero-order chi connectivity index (χ0) is 20.6. The number of hydrogen-bond donors (Lipinski definition) is 0. The molecule has 0 unspecified atom stereocenters. The van der Waals surface area contributed by atoms with Crippen LogP contribution in [0.2, 0.25) is 0 Å². The monoisotopic (exact) mass is 401 g/mol. The maximum Gasteiger partial charge on any atom is 0.291 e. The SMILES string of the molecule is Cc1ccc(/C=C/c2nc3s/c(=C/c4ccc(C(C)(C)C)cc4)c(=O)n3n2)cc1. The van der Waals surface area contributed by atoms with Crippen LogP contribution in [0.4, 0.5) is 0 Å². The smallest absolute Gasteiger partial charge is 0.266 e. The molecule has 0 bridgehead atoms. The van der Waals surface area contributed by atoms with Gasteiger partial charge in [-0.15, -0.1) is 5.10 Å². The Kier molecular flexibility index (Phi) is 4.92. The van der Waals surface area contributed by atoms with E-state index < -0.39 is 0 Å². The average Bonchev–Trinajstić information content (AvgIpc) is 3.20. The van der Waals surface area contributed by atoms with Gasteiger partial charge in [0.05, 0.1) is 4.53 Å². The highest BCUT2D eigenvalue weighted by atomic mass is 32.1. The second kappa shape index (κ2) is 7.41. The Bertz CT molecular complexity index is 1290. The first kappa shape index (κ1) is 19.3. The summed E-state index contributed by atoms with van der Waals surface area (Å²) in [6.45, 7) is 8.62. The van der Waals surface area contributed by atoms with Crippen LogP contribution >= 0.6 is 11.3 Å². The molecule has 0 amide bonds. The molecule has 0 saturated carbocycles. The van der Waals surface area contributed by atoms with E-state index in [-0.39, 0.29) is 11.0 Å². The van der Waals surface area contributed by atoms with Gasteiger partial charge in [0.25, 0.3) is 5.56 Å². The first-order chi connectivity index (χ1) is 13.8. The fourth-order valence-electron chi connectivity index (χ4n) is 3.00. The van der Waals surface area contributed by atoms with Crippen LogP contribution in [0.25, 0.3) is 23.2 Å². The van der Waals surface area contributed by atoms with E-state index in [0.29, 0.717) is 15.3 Å². The van der Waals surface area contributed by atoms with Gasteiger partial charge in [0.2, 0.25) is 4.96 Å². The molecule has 5 heteroatoms. The standard InChI is InChI=1S/C24H23N3OS/c1-16-5-7-17(8-6-16)11-14-21-25-23-27(26-21)22(28)20(29-23)15-18-9-12-19(13-10-18)24(2,3)4/h5-15H,1-4H3/b14-11+,20-15+. The van der Waals surface area contributed by atoms with Crippen molar-refractivity contribution in [2.24, 2.45) is 0 Å². The van der Waals surface area contributed by atoms with Crippen LogP contribution < -0.4 is 10.1 Å². The Balaban J connectivity index is 1.62. The maximum absolute atomic E-state index is 12.7. The van der Waals surface area contributed by atoms with Crippen LogP contribution in [0, 0.1) is 6.92 Å². The van der Waals surface area contributed by atoms with Crippen molar-refractivity contribution in [2.75, 3.05) is 0 Å². The quantitative estimate of drug-likeness (QED) is 0.509. The van der Waals surface area contributed by atoms with Gasteiger partial charge in [-0.25, -0.2) is 0 Å². The summed E-state index contributed by atoms with van der Waals surface area (Å²) >= 11 is 1.36. The molecule has 4 nitrogen and oxygen atoms in total. The Labute approximate surface area is 173 Å². The van der Waals surface area contributed by atoms with E-state index in [9.17, 15) is 4.79 Å². The molecule has 0 aliphatic carbocycles. The van der Waals surface area contributed by atoms with Crippen LogP contribution in [-0.4, -0.2) is 14.6 Å². The molecule has 4 rings (SSSR count). The number of nitrogens with zero attached hydrogens (tertiary/aromatic N) is 3. The molecule has 0 radical (unpaired) electrons. The minimum Gasteiger partial charge on any atom is -0.266 e. The summed E-state index contributed by atoms with van der Waals surface area (Å²) in [4.78, 5) is 17.8. The van der Waals surface area contributed by atoms with E-state index in [2.05, 4.69) is 62.0 Å². The van der Waals surface area contributed by atoms with E-state index in [4.69, 9.17) is 0 Å². The van der Waals surface area contributed by atoms with Crippen LogP contribution in [0.5, 0.6) is 0 Å². The zero-order valence-corrected chi connectivity index (χ0v) is 17.8. The number of fused-ring (bicyclic) bond motifs is 1. The van der Waals surface area contributed by atoms with Gasteiger partial charge in [0.15, 0.2) is 5.82 Å². The predicted molar refractivity (Wildman–Crippen MR) is 121 cm³/mol. The summed E-state index contributed by atoms with van der Waals surface area (Å²) in [6.07, 6.45) is 5.68. The van der Waals surface area contributed by atoms with Gasteiger partial charge in [0, 0.05) is 0 Å². The molecule has 0 N–H and O–H groups in total. The van der Waals surface area contributed by atoms with Crippen LogP contribution in [-0.2, 0) is 5.41 Å². The first-order valence-electron chi connectivity index (χ1n) is 9.56. The molecule has 29 heavy (non-hydrogen) atoms. The lowest BCUT2D eigenvalue weighted by molar-refractivity contribution is 0.590. The highest BCUT2D eigenvalue weighted by Gasteiger charge is 2.13. The van der Waals surface area contributed by atoms with Gasteiger partial charge < -0.3 is 0 Å². The van der Waals surface area contributed by atoms with Crippen molar-refractivity contribution in [3.05, 3.63) is 91.5 Å². The fourth-order valence-corrected chi connectivity index (χ4v) is 3.91.